The second-order valence-electron chi connectivity index (χ2n) is 6.44. The summed E-state index contributed by atoms with van der Waals surface area (Å²) in [5.74, 6) is -1.09. The normalized spacial score (nSPS) is 24.3. The number of aryl methyl sites for hydroxylation is 1. The van der Waals surface area contributed by atoms with Crippen LogP contribution in [-0.2, 0) is 4.79 Å². The number of nitrogens with zero attached hydrogens (tertiary/aromatic N) is 2. The second-order valence-corrected chi connectivity index (χ2v) is 8.05. The number of benzene rings is 1. The van der Waals surface area contributed by atoms with Gasteiger partial charge >= 0.3 is 0 Å². The zero-order valence-corrected chi connectivity index (χ0v) is 14.9. The van der Waals surface area contributed by atoms with Crippen LogP contribution in [-0.4, -0.2) is 33.8 Å². The summed E-state index contributed by atoms with van der Waals surface area (Å²) < 4.78 is 14.4. The largest absolute Gasteiger partial charge is 0.368 e. The number of halogens is 2. The highest BCUT2D eigenvalue weighted by Crippen LogP contribution is 2.49. The molecule has 1 saturated carbocycles. The zero-order valence-electron chi connectivity index (χ0n) is 13.3. The maximum atomic E-state index is 14.4. The van der Waals surface area contributed by atoms with Gasteiger partial charge in [-0.1, -0.05) is 17.7 Å². The number of hydrogen-bond acceptors (Lipinski definition) is 4. The highest BCUT2D eigenvalue weighted by Gasteiger charge is 2.56. The molecule has 8 heteroatoms. The molecule has 2 aromatic rings. The molecule has 0 bridgehead atoms. The number of thiazole rings is 1. The van der Waals surface area contributed by atoms with E-state index < -0.39 is 17.8 Å². The van der Waals surface area contributed by atoms with Crippen LogP contribution >= 0.6 is 22.9 Å². The molecule has 1 aromatic heterocycles. The van der Waals surface area contributed by atoms with Gasteiger partial charge in [-0.2, -0.15) is 0 Å². The van der Waals surface area contributed by atoms with Crippen molar-refractivity contribution in [3.8, 4) is 10.4 Å². The van der Waals surface area contributed by atoms with Crippen molar-refractivity contribution in [2.75, 3.05) is 0 Å². The number of primary amides is 1. The molecule has 1 aromatic carbocycles. The molecule has 130 valence electrons. The van der Waals surface area contributed by atoms with Crippen molar-refractivity contribution in [2.24, 2.45) is 11.7 Å². The van der Waals surface area contributed by atoms with E-state index in [-0.39, 0.29) is 28.2 Å². The molecule has 4 rings (SSSR count). The van der Waals surface area contributed by atoms with Crippen LogP contribution in [0.3, 0.4) is 0 Å². The first-order chi connectivity index (χ1) is 11.9. The van der Waals surface area contributed by atoms with Gasteiger partial charge in [0.15, 0.2) is 0 Å². The number of carbonyl (C=O) groups excluding carboxylic acids is 2. The Kier molecular flexibility index (Phi) is 3.81. The predicted octanol–water partition coefficient (Wildman–Crippen LogP) is 3.00. The quantitative estimate of drug-likeness (QED) is 0.890. The van der Waals surface area contributed by atoms with Crippen molar-refractivity contribution in [3.05, 3.63) is 39.7 Å². The maximum absolute atomic E-state index is 14.4. The Morgan fingerprint density at radius 2 is 2.16 bits per heavy atom. The molecule has 2 heterocycles. The minimum atomic E-state index is -0.623. The van der Waals surface area contributed by atoms with Gasteiger partial charge in [-0.05, 0) is 37.8 Å². The third-order valence-corrected chi connectivity index (χ3v) is 6.10. The van der Waals surface area contributed by atoms with E-state index in [4.69, 9.17) is 17.3 Å². The molecule has 2 N–H and O–H groups in total. The molecule has 0 spiro atoms. The molecule has 25 heavy (non-hydrogen) atoms. The Morgan fingerprint density at radius 1 is 1.40 bits per heavy atom. The van der Waals surface area contributed by atoms with Crippen LogP contribution in [0.1, 0.15) is 28.3 Å². The van der Waals surface area contributed by atoms with E-state index in [0.717, 1.165) is 6.42 Å². The number of fused-ring (bicyclic) bond motifs is 1. The second kappa shape index (κ2) is 5.78. The fraction of sp³-hybridized carbons (Fsp3) is 0.353. The summed E-state index contributed by atoms with van der Waals surface area (Å²) in [5.41, 5.74) is 5.76. The van der Waals surface area contributed by atoms with E-state index in [1.165, 1.54) is 28.4 Å². The van der Waals surface area contributed by atoms with Crippen LogP contribution in [0.4, 0.5) is 4.39 Å². The molecular weight excluding hydrogens is 365 g/mol. The van der Waals surface area contributed by atoms with Crippen LogP contribution < -0.4 is 5.73 Å². The summed E-state index contributed by atoms with van der Waals surface area (Å²) in [6.45, 7) is 1.75. The number of aromatic nitrogens is 1. The van der Waals surface area contributed by atoms with Crippen LogP contribution in [0.25, 0.3) is 10.4 Å². The highest BCUT2D eigenvalue weighted by atomic mass is 35.5. The molecule has 5 nitrogen and oxygen atoms in total. The van der Waals surface area contributed by atoms with Gasteiger partial charge in [0.2, 0.25) is 5.91 Å². The van der Waals surface area contributed by atoms with Gasteiger partial charge in [0, 0.05) is 11.6 Å². The maximum Gasteiger partial charge on any atom is 0.274 e. The molecule has 1 aliphatic carbocycles. The molecular formula is C17H15ClFN3O2S. The minimum Gasteiger partial charge on any atom is -0.368 e. The van der Waals surface area contributed by atoms with E-state index in [2.05, 4.69) is 4.98 Å². The number of carbonyl (C=O) groups is 2. The zero-order chi connectivity index (χ0) is 17.9. The molecule has 3 atom stereocenters. The Labute approximate surface area is 152 Å². The molecule has 1 saturated heterocycles. The first-order valence-electron chi connectivity index (χ1n) is 7.92. The summed E-state index contributed by atoms with van der Waals surface area (Å²) in [6, 6.07) is 3.78. The van der Waals surface area contributed by atoms with Crippen molar-refractivity contribution in [3.63, 3.8) is 0 Å². The molecule has 1 aliphatic heterocycles. The lowest BCUT2D eigenvalue weighted by Crippen LogP contribution is -2.46. The Bertz CT molecular complexity index is 880. The Balaban J connectivity index is 1.79. The van der Waals surface area contributed by atoms with Gasteiger partial charge in [0.1, 0.15) is 17.6 Å². The summed E-state index contributed by atoms with van der Waals surface area (Å²) in [7, 11) is 0. The third-order valence-electron chi connectivity index (χ3n) is 4.79. The summed E-state index contributed by atoms with van der Waals surface area (Å²) in [4.78, 5) is 31.1. The summed E-state index contributed by atoms with van der Waals surface area (Å²) >= 11 is 7.37. The predicted molar refractivity (Wildman–Crippen MR) is 92.9 cm³/mol. The highest BCUT2D eigenvalue weighted by molar-refractivity contribution is 7.15. The van der Waals surface area contributed by atoms with Crippen molar-refractivity contribution in [1.82, 2.24) is 9.88 Å². The van der Waals surface area contributed by atoms with Gasteiger partial charge < -0.3 is 10.6 Å². The summed E-state index contributed by atoms with van der Waals surface area (Å²) in [5, 5.41) is 0.842. The first kappa shape index (κ1) is 16.5. The molecule has 0 radical (unpaired) electrons. The third kappa shape index (κ3) is 2.62. The molecule has 2 fully saturated rings. The average molecular weight is 380 g/mol. The van der Waals surface area contributed by atoms with E-state index in [9.17, 15) is 14.0 Å². The molecule has 2 aliphatic rings. The first-order valence-corrected chi connectivity index (χ1v) is 9.11. The number of amides is 2. The number of nitrogens with two attached hydrogens (primary N) is 1. The lowest BCUT2D eigenvalue weighted by Gasteiger charge is -2.25. The minimum absolute atomic E-state index is 0.0240. The van der Waals surface area contributed by atoms with Crippen LogP contribution in [0, 0.1) is 18.7 Å². The SMILES string of the molecule is Cc1nc(C(=O)N2[C@H](C(N)=O)C[C@@H]3C[C@@H]32)c(-c2c(F)cccc2Cl)s1. The fourth-order valence-electron chi connectivity index (χ4n) is 3.58. The van der Waals surface area contributed by atoms with Gasteiger partial charge in [-0.25, -0.2) is 9.37 Å². The Morgan fingerprint density at radius 3 is 2.84 bits per heavy atom. The lowest BCUT2D eigenvalue weighted by atomic mass is 10.1. The van der Waals surface area contributed by atoms with Gasteiger partial charge in [-0.3, -0.25) is 9.59 Å². The van der Waals surface area contributed by atoms with E-state index in [1.807, 2.05) is 0 Å². The monoisotopic (exact) mass is 379 g/mol. The van der Waals surface area contributed by atoms with Gasteiger partial charge in [0.25, 0.3) is 5.91 Å². The summed E-state index contributed by atoms with van der Waals surface area (Å²) in [6.07, 6.45) is 1.46. The van der Waals surface area contributed by atoms with Crippen LogP contribution in [0.2, 0.25) is 5.02 Å². The lowest BCUT2D eigenvalue weighted by molar-refractivity contribution is -0.122. The number of rotatable bonds is 3. The van der Waals surface area contributed by atoms with Crippen molar-refractivity contribution in [1.29, 1.82) is 0 Å². The van der Waals surface area contributed by atoms with E-state index in [1.54, 1.807) is 13.0 Å². The molecule has 0 unspecified atom stereocenters. The number of likely N-dealkylation sites (tertiary alicyclic amines) is 1. The topological polar surface area (TPSA) is 76.3 Å². The molecule has 2 amide bonds. The number of piperidine rings is 1. The number of hydrogen-bond donors (Lipinski definition) is 1. The van der Waals surface area contributed by atoms with Crippen molar-refractivity contribution in [2.45, 2.75) is 31.8 Å². The average Bonchev–Trinajstić information content (AvgIpc) is 3.04. The Hall–Kier alpha value is -1.99. The van der Waals surface area contributed by atoms with Gasteiger partial charge in [0.05, 0.1) is 14.9 Å². The van der Waals surface area contributed by atoms with Crippen LogP contribution in [0.15, 0.2) is 18.2 Å². The standard InChI is InChI=1S/C17H15ClFN3O2S/c1-7-21-14(15(25-7)13-9(18)3-2-4-10(13)19)17(24)22-11-5-8(11)6-12(22)16(20)23/h2-4,8,11-12H,5-6H2,1H3,(H2,20,23)/t8-,11-,12-/m0/s1. The fourth-order valence-corrected chi connectivity index (χ4v) is 4.87. The van der Waals surface area contributed by atoms with Crippen molar-refractivity contribution < 1.29 is 14.0 Å². The van der Waals surface area contributed by atoms with Crippen molar-refractivity contribution >= 4 is 34.8 Å². The van der Waals surface area contributed by atoms with E-state index in [0.29, 0.717) is 22.2 Å². The van der Waals surface area contributed by atoms with Gasteiger partial charge in [-0.15, -0.1) is 11.3 Å². The smallest absolute Gasteiger partial charge is 0.274 e. The van der Waals surface area contributed by atoms with E-state index >= 15 is 0 Å². The van der Waals surface area contributed by atoms with Crippen LogP contribution in [0.5, 0.6) is 0 Å².